The second kappa shape index (κ2) is 4.94. The summed E-state index contributed by atoms with van der Waals surface area (Å²) >= 11 is 0. The quantitative estimate of drug-likeness (QED) is 0.758. The van der Waals surface area contributed by atoms with E-state index in [4.69, 9.17) is 0 Å². The number of aliphatic hydroxyl groups is 1. The molecule has 0 spiro atoms. The van der Waals surface area contributed by atoms with Gasteiger partial charge < -0.3 is 5.11 Å². The van der Waals surface area contributed by atoms with Crippen molar-refractivity contribution >= 4 is 0 Å². The second-order valence-electron chi connectivity index (χ2n) is 4.12. The zero-order valence-electron chi connectivity index (χ0n) is 9.45. The standard InChI is InChI=1S/C13H17N2O/c1-14-7-8-15(11-14)10-13(16)9-12-5-3-2-4-6-12/h2-8,11,13,16H,9-10H2,1H3/q+1/t13-/m0/s1. The lowest BCUT2D eigenvalue weighted by atomic mass is 10.1. The Balaban J connectivity index is 1.92. The Morgan fingerprint density at radius 2 is 2.06 bits per heavy atom. The summed E-state index contributed by atoms with van der Waals surface area (Å²) in [5.41, 5.74) is 1.17. The van der Waals surface area contributed by atoms with Crippen molar-refractivity contribution in [1.82, 2.24) is 4.57 Å². The van der Waals surface area contributed by atoms with Crippen molar-refractivity contribution in [2.45, 2.75) is 19.1 Å². The predicted octanol–water partition coefficient (Wildman–Crippen LogP) is 0.916. The van der Waals surface area contributed by atoms with Gasteiger partial charge in [-0.15, -0.1) is 0 Å². The van der Waals surface area contributed by atoms with E-state index < -0.39 is 0 Å². The van der Waals surface area contributed by atoms with E-state index in [2.05, 4.69) is 0 Å². The number of rotatable bonds is 4. The molecule has 1 N–H and O–H groups in total. The smallest absolute Gasteiger partial charge is 0.243 e. The predicted molar refractivity (Wildman–Crippen MR) is 61.8 cm³/mol. The van der Waals surface area contributed by atoms with Crippen LogP contribution in [0.2, 0.25) is 0 Å². The maximum Gasteiger partial charge on any atom is 0.243 e. The maximum atomic E-state index is 9.94. The maximum absolute atomic E-state index is 9.94. The number of aliphatic hydroxyl groups excluding tert-OH is 1. The first-order valence-electron chi connectivity index (χ1n) is 5.47. The van der Waals surface area contributed by atoms with Gasteiger partial charge in [-0.05, 0) is 5.56 Å². The molecule has 84 valence electrons. The first-order chi connectivity index (χ1) is 7.74. The van der Waals surface area contributed by atoms with Crippen LogP contribution in [0.1, 0.15) is 5.56 Å². The third-order valence-corrected chi connectivity index (χ3v) is 2.56. The summed E-state index contributed by atoms with van der Waals surface area (Å²) in [5.74, 6) is 0. The number of benzene rings is 1. The van der Waals surface area contributed by atoms with Gasteiger partial charge in [-0.2, -0.15) is 0 Å². The third-order valence-electron chi connectivity index (χ3n) is 2.56. The number of hydrogen-bond donors (Lipinski definition) is 1. The van der Waals surface area contributed by atoms with Crippen molar-refractivity contribution in [2.24, 2.45) is 7.05 Å². The molecule has 1 aromatic heterocycles. The SMILES string of the molecule is C[n+]1ccn(C[C@@H](O)Cc2ccccc2)c1. The van der Waals surface area contributed by atoms with E-state index in [-0.39, 0.29) is 6.10 Å². The van der Waals surface area contributed by atoms with E-state index in [9.17, 15) is 5.11 Å². The number of nitrogens with zero attached hydrogens (tertiary/aromatic N) is 2. The Morgan fingerprint density at radius 3 is 2.69 bits per heavy atom. The molecule has 0 saturated carbocycles. The molecule has 2 rings (SSSR count). The lowest BCUT2D eigenvalue weighted by Crippen LogP contribution is -2.25. The molecule has 1 atom stereocenters. The highest BCUT2D eigenvalue weighted by molar-refractivity contribution is 5.15. The minimum absolute atomic E-state index is 0.338. The average Bonchev–Trinajstić information content (AvgIpc) is 2.65. The van der Waals surface area contributed by atoms with Crippen LogP contribution in [0, 0.1) is 0 Å². The van der Waals surface area contributed by atoms with Crippen LogP contribution >= 0.6 is 0 Å². The van der Waals surface area contributed by atoms with Gasteiger partial charge in [0.15, 0.2) is 0 Å². The number of aromatic nitrogens is 2. The molecule has 0 saturated heterocycles. The topological polar surface area (TPSA) is 29.0 Å². The van der Waals surface area contributed by atoms with E-state index in [1.165, 1.54) is 5.56 Å². The Morgan fingerprint density at radius 1 is 1.31 bits per heavy atom. The first-order valence-corrected chi connectivity index (χ1v) is 5.47. The highest BCUT2D eigenvalue weighted by atomic mass is 16.3. The molecular weight excluding hydrogens is 200 g/mol. The summed E-state index contributed by atoms with van der Waals surface area (Å²) in [4.78, 5) is 0. The van der Waals surface area contributed by atoms with Gasteiger partial charge in [-0.25, -0.2) is 9.13 Å². The summed E-state index contributed by atoms with van der Waals surface area (Å²) in [6.45, 7) is 0.635. The summed E-state index contributed by atoms with van der Waals surface area (Å²) in [6, 6.07) is 10.1. The van der Waals surface area contributed by atoms with E-state index >= 15 is 0 Å². The molecule has 0 bridgehead atoms. The summed E-state index contributed by atoms with van der Waals surface area (Å²) in [6.07, 6.45) is 6.26. The zero-order valence-corrected chi connectivity index (χ0v) is 9.45. The molecule has 0 fully saturated rings. The zero-order chi connectivity index (χ0) is 11.4. The van der Waals surface area contributed by atoms with Gasteiger partial charge in [0.2, 0.25) is 6.33 Å². The molecule has 3 nitrogen and oxygen atoms in total. The van der Waals surface area contributed by atoms with Crippen molar-refractivity contribution in [3.05, 3.63) is 54.6 Å². The Hall–Kier alpha value is -1.61. The lowest BCUT2D eigenvalue weighted by Gasteiger charge is -2.07. The molecule has 0 radical (unpaired) electrons. The number of hydrogen-bond acceptors (Lipinski definition) is 1. The third kappa shape index (κ3) is 2.94. The molecule has 0 aliphatic rings. The molecule has 2 aromatic rings. The van der Waals surface area contributed by atoms with E-state index in [1.54, 1.807) is 0 Å². The van der Waals surface area contributed by atoms with E-state index in [0.29, 0.717) is 13.0 Å². The van der Waals surface area contributed by atoms with Crippen LogP contribution in [0.4, 0.5) is 0 Å². The average molecular weight is 217 g/mol. The Bertz CT molecular complexity index is 436. The minimum Gasteiger partial charge on any atom is -0.389 e. The van der Waals surface area contributed by atoms with Crippen molar-refractivity contribution < 1.29 is 9.67 Å². The lowest BCUT2D eigenvalue weighted by molar-refractivity contribution is -0.671. The van der Waals surface area contributed by atoms with Gasteiger partial charge in [0.05, 0.1) is 13.2 Å². The van der Waals surface area contributed by atoms with E-state index in [0.717, 1.165) is 0 Å². The van der Waals surface area contributed by atoms with Crippen molar-refractivity contribution in [1.29, 1.82) is 0 Å². The van der Waals surface area contributed by atoms with Crippen LogP contribution < -0.4 is 4.57 Å². The van der Waals surface area contributed by atoms with Crippen molar-refractivity contribution in [2.75, 3.05) is 0 Å². The molecule has 16 heavy (non-hydrogen) atoms. The van der Waals surface area contributed by atoms with Crippen LogP contribution in [-0.2, 0) is 20.0 Å². The fourth-order valence-electron chi connectivity index (χ4n) is 1.80. The molecule has 1 heterocycles. The molecule has 0 amide bonds. The van der Waals surface area contributed by atoms with Crippen LogP contribution in [-0.4, -0.2) is 15.8 Å². The monoisotopic (exact) mass is 217 g/mol. The van der Waals surface area contributed by atoms with Gasteiger partial charge >= 0.3 is 0 Å². The van der Waals surface area contributed by atoms with Gasteiger partial charge in [-0.1, -0.05) is 30.3 Å². The van der Waals surface area contributed by atoms with Gasteiger partial charge in [0, 0.05) is 6.42 Å². The molecule has 0 aliphatic carbocycles. The fourth-order valence-corrected chi connectivity index (χ4v) is 1.80. The summed E-state index contributed by atoms with van der Waals surface area (Å²) < 4.78 is 3.96. The molecule has 0 unspecified atom stereocenters. The summed E-state index contributed by atoms with van der Waals surface area (Å²) in [5, 5.41) is 9.94. The van der Waals surface area contributed by atoms with Crippen LogP contribution in [0.5, 0.6) is 0 Å². The first kappa shape index (κ1) is 10.9. The van der Waals surface area contributed by atoms with Crippen molar-refractivity contribution in [3.63, 3.8) is 0 Å². The van der Waals surface area contributed by atoms with Crippen LogP contribution in [0.15, 0.2) is 49.1 Å². The highest BCUT2D eigenvalue weighted by Gasteiger charge is 2.09. The molecule has 1 aromatic carbocycles. The van der Waals surface area contributed by atoms with E-state index in [1.807, 2.05) is 65.2 Å². The number of aryl methyl sites for hydroxylation is 1. The molecule has 0 aliphatic heterocycles. The Labute approximate surface area is 95.6 Å². The Kier molecular flexibility index (Phi) is 3.37. The van der Waals surface area contributed by atoms with Crippen LogP contribution in [0.25, 0.3) is 0 Å². The van der Waals surface area contributed by atoms with Crippen LogP contribution in [0.3, 0.4) is 0 Å². The highest BCUT2D eigenvalue weighted by Crippen LogP contribution is 2.04. The summed E-state index contributed by atoms with van der Waals surface area (Å²) in [7, 11) is 1.97. The van der Waals surface area contributed by atoms with Gasteiger partial charge in [0.1, 0.15) is 18.9 Å². The fraction of sp³-hybridized carbons (Fsp3) is 0.308. The van der Waals surface area contributed by atoms with Crippen molar-refractivity contribution in [3.8, 4) is 0 Å². The van der Waals surface area contributed by atoms with Gasteiger partial charge in [0.25, 0.3) is 0 Å². The molecular formula is C13H17N2O+. The number of imidazole rings is 1. The van der Waals surface area contributed by atoms with Gasteiger partial charge in [-0.3, -0.25) is 0 Å². The normalized spacial score (nSPS) is 12.6. The molecule has 3 heteroatoms. The second-order valence-corrected chi connectivity index (χ2v) is 4.12. The largest absolute Gasteiger partial charge is 0.389 e. The minimum atomic E-state index is -0.338.